The van der Waals surface area contributed by atoms with Gasteiger partial charge in [0.05, 0.1) is 23.0 Å². The van der Waals surface area contributed by atoms with E-state index in [-0.39, 0.29) is 17.0 Å². The van der Waals surface area contributed by atoms with Crippen LogP contribution in [0.1, 0.15) is 48.7 Å². The Morgan fingerprint density at radius 1 is 1.10 bits per heavy atom. The molecular weight excluding hydrogens is 420 g/mol. The standard InChI is InChI=1S/C22H23ClN4O4/c1-3-22(2)20(30)27(21(31)25-22)26-18(28)13-17(14-9-5-4-6-10-14)24-19(29)15-11-7-8-12-16(15)23/h4-12,17H,3,13H2,1-2H3,(H,24,29)(H,25,31)(H,26,28)/t17-,22+/m0/s1. The molecule has 2 aromatic rings. The van der Waals surface area contributed by atoms with Crippen molar-refractivity contribution in [2.24, 2.45) is 0 Å². The van der Waals surface area contributed by atoms with Crippen LogP contribution in [0.4, 0.5) is 4.79 Å². The molecule has 3 rings (SSSR count). The number of amides is 5. The van der Waals surface area contributed by atoms with Gasteiger partial charge in [0.25, 0.3) is 11.8 Å². The molecule has 1 aliphatic heterocycles. The number of carbonyl (C=O) groups excluding carboxylic acids is 4. The number of benzene rings is 2. The van der Waals surface area contributed by atoms with Crippen LogP contribution in [-0.4, -0.2) is 34.3 Å². The molecular formula is C22H23ClN4O4. The maximum atomic E-state index is 12.7. The Kier molecular flexibility index (Phi) is 6.60. The van der Waals surface area contributed by atoms with Crippen molar-refractivity contribution in [2.75, 3.05) is 0 Å². The molecule has 9 heteroatoms. The summed E-state index contributed by atoms with van der Waals surface area (Å²) in [6, 6.07) is 14.1. The van der Waals surface area contributed by atoms with Crippen LogP contribution in [0.3, 0.4) is 0 Å². The Morgan fingerprint density at radius 2 is 1.74 bits per heavy atom. The van der Waals surface area contributed by atoms with Gasteiger partial charge in [-0.15, -0.1) is 0 Å². The second-order valence-electron chi connectivity index (χ2n) is 7.41. The van der Waals surface area contributed by atoms with Crippen LogP contribution in [0.15, 0.2) is 54.6 Å². The number of hydrogen-bond acceptors (Lipinski definition) is 4. The number of hydrogen-bond donors (Lipinski definition) is 3. The fraction of sp³-hybridized carbons (Fsp3) is 0.273. The first-order chi connectivity index (χ1) is 14.7. The third kappa shape index (κ3) is 4.86. The Bertz CT molecular complexity index is 1010. The van der Waals surface area contributed by atoms with Gasteiger partial charge in [0.15, 0.2) is 0 Å². The molecule has 0 aliphatic carbocycles. The van der Waals surface area contributed by atoms with E-state index in [0.717, 1.165) is 0 Å². The Morgan fingerprint density at radius 3 is 2.35 bits per heavy atom. The van der Waals surface area contributed by atoms with E-state index in [2.05, 4.69) is 16.1 Å². The van der Waals surface area contributed by atoms with Crippen molar-refractivity contribution < 1.29 is 19.2 Å². The highest BCUT2D eigenvalue weighted by molar-refractivity contribution is 6.33. The van der Waals surface area contributed by atoms with E-state index < -0.39 is 35.3 Å². The topological polar surface area (TPSA) is 108 Å². The minimum absolute atomic E-state index is 0.194. The second-order valence-corrected chi connectivity index (χ2v) is 7.82. The largest absolute Gasteiger partial charge is 0.345 e. The van der Waals surface area contributed by atoms with Crippen molar-refractivity contribution in [3.05, 3.63) is 70.7 Å². The van der Waals surface area contributed by atoms with Gasteiger partial charge in [-0.1, -0.05) is 61.0 Å². The summed E-state index contributed by atoms with van der Waals surface area (Å²) in [5.74, 6) is -1.58. The number of nitrogens with one attached hydrogen (secondary N) is 3. The van der Waals surface area contributed by atoms with E-state index in [1.54, 1.807) is 62.4 Å². The van der Waals surface area contributed by atoms with Crippen molar-refractivity contribution in [1.29, 1.82) is 0 Å². The van der Waals surface area contributed by atoms with Crippen molar-refractivity contribution in [3.63, 3.8) is 0 Å². The van der Waals surface area contributed by atoms with E-state index in [1.807, 2.05) is 6.07 Å². The molecule has 1 saturated heterocycles. The number of halogens is 1. The highest BCUT2D eigenvalue weighted by Crippen LogP contribution is 2.22. The van der Waals surface area contributed by atoms with Gasteiger partial charge in [-0.25, -0.2) is 4.79 Å². The summed E-state index contributed by atoms with van der Waals surface area (Å²) in [4.78, 5) is 50.1. The number of hydrazine groups is 1. The zero-order chi connectivity index (χ0) is 22.6. The zero-order valence-corrected chi connectivity index (χ0v) is 17.9. The maximum absolute atomic E-state index is 12.7. The zero-order valence-electron chi connectivity index (χ0n) is 17.1. The summed E-state index contributed by atoms with van der Waals surface area (Å²) in [5, 5.41) is 6.35. The first-order valence-corrected chi connectivity index (χ1v) is 10.2. The number of carbonyl (C=O) groups is 4. The van der Waals surface area contributed by atoms with Crippen LogP contribution >= 0.6 is 11.6 Å². The average Bonchev–Trinajstić information content (AvgIpc) is 2.97. The fourth-order valence-corrected chi connectivity index (χ4v) is 3.42. The molecule has 31 heavy (non-hydrogen) atoms. The van der Waals surface area contributed by atoms with E-state index in [4.69, 9.17) is 11.6 Å². The first-order valence-electron chi connectivity index (χ1n) is 9.81. The fourth-order valence-electron chi connectivity index (χ4n) is 3.20. The third-order valence-corrected chi connectivity index (χ3v) is 5.55. The summed E-state index contributed by atoms with van der Waals surface area (Å²) in [5.41, 5.74) is 2.24. The molecule has 1 fully saturated rings. The average molecular weight is 443 g/mol. The molecule has 1 aliphatic rings. The maximum Gasteiger partial charge on any atom is 0.344 e. The van der Waals surface area contributed by atoms with Crippen LogP contribution in [-0.2, 0) is 9.59 Å². The SMILES string of the molecule is CC[C@@]1(C)NC(=O)N(NC(=O)C[C@H](NC(=O)c2ccccc2Cl)c2ccccc2)C1=O. The van der Waals surface area contributed by atoms with Crippen molar-refractivity contribution in [2.45, 2.75) is 38.3 Å². The minimum Gasteiger partial charge on any atom is -0.345 e. The number of imide groups is 1. The summed E-state index contributed by atoms with van der Waals surface area (Å²) in [6.07, 6.45) is 0.185. The lowest BCUT2D eigenvalue weighted by molar-refractivity contribution is -0.139. The molecule has 0 radical (unpaired) electrons. The van der Waals surface area contributed by atoms with Gasteiger partial charge in [0.1, 0.15) is 5.54 Å². The number of rotatable bonds is 7. The monoisotopic (exact) mass is 442 g/mol. The normalized spacial score (nSPS) is 19.0. The summed E-state index contributed by atoms with van der Waals surface area (Å²) in [6.45, 7) is 3.36. The molecule has 0 saturated carbocycles. The van der Waals surface area contributed by atoms with Crippen LogP contribution < -0.4 is 16.1 Å². The number of urea groups is 1. The molecule has 3 N–H and O–H groups in total. The molecule has 8 nitrogen and oxygen atoms in total. The predicted molar refractivity (Wildman–Crippen MR) is 115 cm³/mol. The summed E-state index contributed by atoms with van der Waals surface area (Å²) < 4.78 is 0. The summed E-state index contributed by atoms with van der Waals surface area (Å²) >= 11 is 6.11. The van der Waals surface area contributed by atoms with Gasteiger partial charge >= 0.3 is 6.03 Å². The first kappa shape index (κ1) is 22.3. The Labute approximate surface area is 184 Å². The molecule has 162 valence electrons. The molecule has 2 atom stereocenters. The van der Waals surface area contributed by atoms with Crippen LogP contribution in [0.5, 0.6) is 0 Å². The number of nitrogens with zero attached hydrogens (tertiary/aromatic N) is 1. The molecule has 0 bridgehead atoms. The molecule has 0 aromatic heterocycles. The van der Waals surface area contributed by atoms with Crippen LogP contribution in [0.25, 0.3) is 0 Å². The highest BCUT2D eigenvalue weighted by atomic mass is 35.5. The van der Waals surface area contributed by atoms with Gasteiger partial charge in [0.2, 0.25) is 5.91 Å². The molecule has 1 heterocycles. The lowest BCUT2D eigenvalue weighted by atomic mass is 10.00. The van der Waals surface area contributed by atoms with Crippen molar-refractivity contribution in [1.82, 2.24) is 21.1 Å². The summed E-state index contributed by atoms with van der Waals surface area (Å²) in [7, 11) is 0. The molecule has 2 aromatic carbocycles. The lowest BCUT2D eigenvalue weighted by Crippen LogP contribution is -2.49. The minimum atomic E-state index is -1.07. The molecule has 0 unspecified atom stereocenters. The Hall–Kier alpha value is -3.39. The van der Waals surface area contributed by atoms with Crippen molar-refractivity contribution in [3.8, 4) is 0 Å². The van der Waals surface area contributed by atoms with Gasteiger partial charge < -0.3 is 10.6 Å². The predicted octanol–water partition coefficient (Wildman–Crippen LogP) is 2.95. The smallest absolute Gasteiger partial charge is 0.344 e. The second kappa shape index (κ2) is 9.18. The van der Waals surface area contributed by atoms with E-state index in [0.29, 0.717) is 17.0 Å². The molecule has 5 amide bonds. The molecule has 0 spiro atoms. The van der Waals surface area contributed by atoms with Gasteiger partial charge in [-0.05, 0) is 31.0 Å². The van der Waals surface area contributed by atoms with Crippen LogP contribution in [0, 0.1) is 0 Å². The van der Waals surface area contributed by atoms with E-state index >= 15 is 0 Å². The quantitative estimate of drug-likeness (QED) is 0.573. The van der Waals surface area contributed by atoms with E-state index in [1.165, 1.54) is 0 Å². The Balaban J connectivity index is 1.76. The van der Waals surface area contributed by atoms with Gasteiger partial charge in [0, 0.05) is 0 Å². The van der Waals surface area contributed by atoms with Gasteiger partial charge in [-0.2, -0.15) is 5.01 Å². The van der Waals surface area contributed by atoms with E-state index in [9.17, 15) is 19.2 Å². The highest BCUT2D eigenvalue weighted by Gasteiger charge is 2.47. The lowest BCUT2D eigenvalue weighted by Gasteiger charge is -2.22. The van der Waals surface area contributed by atoms with Crippen molar-refractivity contribution >= 4 is 35.4 Å². The third-order valence-electron chi connectivity index (χ3n) is 5.22. The van der Waals surface area contributed by atoms with Crippen LogP contribution in [0.2, 0.25) is 5.02 Å². The van der Waals surface area contributed by atoms with Gasteiger partial charge in [-0.3, -0.25) is 19.8 Å².